The molecule has 1 aliphatic rings. The smallest absolute Gasteiger partial charge is 0.341 e. The topological polar surface area (TPSA) is 44.8 Å². The van der Waals surface area contributed by atoms with Gasteiger partial charge in [-0.1, -0.05) is 42.5 Å². The number of thiophene rings is 1. The number of thiocarbonyl (C=S) groups is 1. The van der Waals surface area contributed by atoms with E-state index in [0.29, 0.717) is 17.3 Å². The van der Waals surface area contributed by atoms with Gasteiger partial charge in [0.05, 0.1) is 12.2 Å². The van der Waals surface area contributed by atoms with E-state index in [1.54, 1.807) is 11.3 Å². The molecule has 5 nitrogen and oxygen atoms in total. The molecule has 0 aliphatic carbocycles. The molecule has 0 amide bonds. The SMILES string of the molecule is CCOC(=O)c1cc(Cc2ccccc2)sc1NC(=S)N1CCN(c2cccc(C)c2C)CC1. The minimum Gasteiger partial charge on any atom is -0.462 e. The van der Waals surface area contributed by atoms with E-state index in [1.165, 1.54) is 22.4 Å². The number of benzene rings is 2. The number of rotatable bonds is 6. The minimum absolute atomic E-state index is 0.317. The Morgan fingerprint density at radius 1 is 1.06 bits per heavy atom. The molecular formula is C27H31N3O2S2. The van der Waals surface area contributed by atoms with Crippen LogP contribution in [0.3, 0.4) is 0 Å². The number of aryl methyl sites for hydroxylation is 1. The lowest BCUT2D eigenvalue weighted by Gasteiger charge is -2.38. The first-order chi connectivity index (χ1) is 16.5. The Morgan fingerprint density at radius 2 is 1.79 bits per heavy atom. The number of hydrogen-bond acceptors (Lipinski definition) is 5. The van der Waals surface area contributed by atoms with Crippen LogP contribution in [0.2, 0.25) is 0 Å². The largest absolute Gasteiger partial charge is 0.462 e. The monoisotopic (exact) mass is 493 g/mol. The number of hydrogen-bond donors (Lipinski definition) is 1. The molecule has 1 aliphatic heterocycles. The molecule has 0 bridgehead atoms. The number of esters is 1. The molecule has 4 rings (SSSR count). The number of nitrogens with one attached hydrogen (secondary N) is 1. The van der Waals surface area contributed by atoms with Gasteiger partial charge in [0.15, 0.2) is 5.11 Å². The van der Waals surface area contributed by atoms with Crippen molar-refractivity contribution in [1.82, 2.24) is 4.90 Å². The van der Waals surface area contributed by atoms with Crippen molar-refractivity contribution >= 4 is 45.3 Å². The maximum absolute atomic E-state index is 12.6. The standard InChI is InChI=1S/C27H31N3O2S2/c1-4-32-26(31)23-18-22(17-21-10-6-5-7-11-21)34-25(23)28-27(33)30-15-13-29(14-16-30)24-12-8-9-19(2)20(24)3/h5-12,18H,4,13-17H2,1-3H3,(H,28,33). The summed E-state index contributed by atoms with van der Waals surface area (Å²) < 4.78 is 5.31. The molecule has 2 aromatic carbocycles. The summed E-state index contributed by atoms with van der Waals surface area (Å²) in [7, 11) is 0. The molecule has 0 radical (unpaired) electrons. The number of anilines is 2. The summed E-state index contributed by atoms with van der Waals surface area (Å²) in [4.78, 5) is 18.3. The summed E-state index contributed by atoms with van der Waals surface area (Å²) in [6.07, 6.45) is 0.765. The molecule has 2 heterocycles. The van der Waals surface area contributed by atoms with E-state index < -0.39 is 0 Å². The third-order valence-electron chi connectivity index (χ3n) is 6.20. The van der Waals surface area contributed by atoms with E-state index in [4.69, 9.17) is 17.0 Å². The molecule has 7 heteroatoms. The van der Waals surface area contributed by atoms with Gasteiger partial charge in [-0.2, -0.15) is 0 Å². The van der Waals surface area contributed by atoms with Gasteiger partial charge in [0.2, 0.25) is 0 Å². The van der Waals surface area contributed by atoms with Gasteiger partial charge in [-0.15, -0.1) is 11.3 Å². The Hall–Kier alpha value is -2.90. The predicted octanol–water partition coefficient (Wildman–Crippen LogP) is 5.65. The molecule has 1 fully saturated rings. The van der Waals surface area contributed by atoms with Crippen molar-refractivity contribution in [3.05, 3.63) is 81.7 Å². The molecule has 178 valence electrons. The fourth-order valence-corrected chi connectivity index (χ4v) is 5.61. The van der Waals surface area contributed by atoms with Gasteiger partial charge >= 0.3 is 5.97 Å². The summed E-state index contributed by atoms with van der Waals surface area (Å²) in [5.74, 6) is -0.317. The summed E-state index contributed by atoms with van der Waals surface area (Å²) >= 11 is 7.32. The van der Waals surface area contributed by atoms with Crippen LogP contribution in [0.25, 0.3) is 0 Å². The Balaban J connectivity index is 1.44. The van der Waals surface area contributed by atoms with Gasteiger partial charge in [0.25, 0.3) is 0 Å². The first-order valence-electron chi connectivity index (χ1n) is 11.7. The lowest BCUT2D eigenvalue weighted by molar-refractivity contribution is 0.0528. The van der Waals surface area contributed by atoms with Crippen LogP contribution in [0.5, 0.6) is 0 Å². The van der Waals surface area contributed by atoms with Gasteiger partial charge in [-0.05, 0) is 61.8 Å². The second-order valence-electron chi connectivity index (χ2n) is 8.46. The highest BCUT2D eigenvalue weighted by molar-refractivity contribution is 7.80. The number of carbonyl (C=O) groups excluding carboxylic acids is 1. The molecule has 1 aromatic heterocycles. The van der Waals surface area contributed by atoms with Crippen LogP contribution in [-0.4, -0.2) is 48.8 Å². The number of nitrogens with zero attached hydrogens (tertiary/aromatic N) is 2. The maximum Gasteiger partial charge on any atom is 0.341 e. The van der Waals surface area contributed by atoms with Crippen molar-refractivity contribution in [3.63, 3.8) is 0 Å². The summed E-state index contributed by atoms with van der Waals surface area (Å²) in [6.45, 7) is 9.97. The molecule has 3 aromatic rings. The van der Waals surface area contributed by atoms with Crippen LogP contribution >= 0.6 is 23.6 Å². The van der Waals surface area contributed by atoms with Crippen LogP contribution in [0, 0.1) is 13.8 Å². The Morgan fingerprint density at radius 3 is 2.50 bits per heavy atom. The Kier molecular flexibility index (Phi) is 7.85. The van der Waals surface area contributed by atoms with Crippen LogP contribution in [-0.2, 0) is 11.2 Å². The highest BCUT2D eigenvalue weighted by Crippen LogP contribution is 2.31. The third-order valence-corrected chi connectivity index (χ3v) is 7.61. The molecule has 0 unspecified atom stereocenters. The summed E-state index contributed by atoms with van der Waals surface area (Å²) in [5, 5.41) is 4.77. The molecule has 0 atom stereocenters. The van der Waals surface area contributed by atoms with E-state index in [2.05, 4.69) is 59.3 Å². The van der Waals surface area contributed by atoms with Crippen molar-refractivity contribution in [2.45, 2.75) is 27.2 Å². The lowest BCUT2D eigenvalue weighted by Crippen LogP contribution is -2.50. The van der Waals surface area contributed by atoms with Gasteiger partial charge in [0.1, 0.15) is 5.00 Å². The molecular weight excluding hydrogens is 462 g/mol. The van der Waals surface area contributed by atoms with Crippen molar-refractivity contribution in [3.8, 4) is 0 Å². The third kappa shape index (κ3) is 5.59. The van der Waals surface area contributed by atoms with Gasteiger partial charge in [-0.25, -0.2) is 4.79 Å². The second-order valence-corrected chi connectivity index (χ2v) is 9.99. The van der Waals surface area contributed by atoms with Crippen molar-refractivity contribution in [2.24, 2.45) is 0 Å². The maximum atomic E-state index is 12.6. The average Bonchev–Trinajstić information content (AvgIpc) is 3.24. The zero-order valence-corrected chi connectivity index (χ0v) is 21.6. The molecule has 34 heavy (non-hydrogen) atoms. The normalized spacial score (nSPS) is 13.6. The Labute approximate surface area is 211 Å². The second kappa shape index (κ2) is 11.0. The average molecular weight is 494 g/mol. The molecule has 1 N–H and O–H groups in total. The van der Waals surface area contributed by atoms with Gasteiger partial charge < -0.3 is 19.9 Å². The number of piperazine rings is 1. The molecule has 0 spiro atoms. The fourth-order valence-electron chi connectivity index (χ4n) is 4.18. The van der Waals surface area contributed by atoms with E-state index in [1.807, 2.05) is 31.2 Å². The van der Waals surface area contributed by atoms with Crippen LogP contribution in [0.15, 0.2) is 54.6 Å². The van der Waals surface area contributed by atoms with Crippen LogP contribution in [0.1, 0.15) is 38.8 Å². The predicted molar refractivity (Wildman–Crippen MR) is 145 cm³/mol. The van der Waals surface area contributed by atoms with Crippen molar-refractivity contribution in [2.75, 3.05) is 43.0 Å². The van der Waals surface area contributed by atoms with E-state index >= 15 is 0 Å². The number of ether oxygens (including phenoxy) is 1. The van der Waals surface area contributed by atoms with Crippen LogP contribution in [0.4, 0.5) is 10.7 Å². The highest BCUT2D eigenvalue weighted by Gasteiger charge is 2.23. The number of carbonyl (C=O) groups is 1. The molecule has 0 saturated carbocycles. The van der Waals surface area contributed by atoms with Gasteiger partial charge in [-0.3, -0.25) is 0 Å². The summed E-state index contributed by atoms with van der Waals surface area (Å²) in [5.41, 5.74) is 5.70. The zero-order chi connectivity index (χ0) is 24.1. The van der Waals surface area contributed by atoms with E-state index in [0.717, 1.165) is 42.5 Å². The summed E-state index contributed by atoms with van der Waals surface area (Å²) in [6, 6.07) is 18.7. The fraction of sp³-hybridized carbons (Fsp3) is 0.333. The zero-order valence-electron chi connectivity index (χ0n) is 20.0. The molecule has 1 saturated heterocycles. The van der Waals surface area contributed by atoms with E-state index in [9.17, 15) is 4.79 Å². The van der Waals surface area contributed by atoms with Crippen LogP contribution < -0.4 is 10.2 Å². The Bertz CT molecular complexity index is 1150. The quantitative estimate of drug-likeness (QED) is 0.354. The highest BCUT2D eigenvalue weighted by atomic mass is 32.1. The first kappa shape index (κ1) is 24.2. The minimum atomic E-state index is -0.317. The van der Waals surface area contributed by atoms with Gasteiger partial charge in [0, 0.05) is 43.2 Å². The lowest BCUT2D eigenvalue weighted by atomic mass is 10.1. The first-order valence-corrected chi connectivity index (χ1v) is 12.9. The van der Waals surface area contributed by atoms with Crippen molar-refractivity contribution < 1.29 is 9.53 Å². The van der Waals surface area contributed by atoms with Crippen molar-refractivity contribution in [1.29, 1.82) is 0 Å². The van der Waals surface area contributed by atoms with E-state index in [-0.39, 0.29) is 5.97 Å².